The Balaban J connectivity index is 5.81. The van der Waals surface area contributed by atoms with Crippen LogP contribution in [0.2, 0.25) is 0 Å². The van der Waals surface area contributed by atoms with Gasteiger partial charge < -0.3 is 9.84 Å². The number of hydrogen-bond acceptors (Lipinski definition) is 3. The number of ether oxygens (including phenoxy) is 1. The number of carbonyl (C=O) groups excluding carboxylic acids is 1. The molecular weight excluding hydrogens is 308 g/mol. The lowest BCUT2D eigenvalue weighted by Gasteiger charge is -2.40. The van der Waals surface area contributed by atoms with E-state index in [1.165, 1.54) is 0 Å². The van der Waals surface area contributed by atoms with Gasteiger partial charge in [0.2, 0.25) is 0 Å². The fourth-order valence-electron chi connectivity index (χ4n) is 1.13. The van der Waals surface area contributed by atoms with Crippen LogP contribution in [0.15, 0.2) is 12.7 Å². The highest BCUT2D eigenvalue weighted by molar-refractivity contribution is 5.81. The zero-order valence-corrected chi connectivity index (χ0v) is 9.65. The zero-order chi connectivity index (χ0) is 16.6. The molecule has 3 nitrogen and oxygen atoms in total. The molecule has 0 radical (unpaired) electrons. The molecule has 11 heteroatoms. The second-order valence-electron chi connectivity index (χ2n) is 3.61. The second-order valence-corrected chi connectivity index (χ2v) is 3.61. The fourth-order valence-corrected chi connectivity index (χ4v) is 1.13. The summed E-state index contributed by atoms with van der Waals surface area (Å²) in [7, 11) is 0. The van der Waals surface area contributed by atoms with E-state index in [2.05, 4.69) is 11.3 Å². The summed E-state index contributed by atoms with van der Waals surface area (Å²) >= 11 is 0. The maximum absolute atomic E-state index is 13.4. The molecule has 118 valence electrons. The van der Waals surface area contributed by atoms with Crippen molar-refractivity contribution in [3.63, 3.8) is 0 Å². The molecule has 1 unspecified atom stereocenters. The van der Waals surface area contributed by atoms with E-state index in [9.17, 15) is 39.9 Å². The van der Waals surface area contributed by atoms with Crippen LogP contribution in [0.5, 0.6) is 0 Å². The van der Waals surface area contributed by atoms with Crippen LogP contribution in [-0.4, -0.2) is 41.1 Å². The number of rotatable bonds is 4. The first kappa shape index (κ1) is 18.6. The van der Waals surface area contributed by atoms with Gasteiger partial charge in [0.05, 0.1) is 0 Å². The molecule has 0 aliphatic carbocycles. The molecule has 0 saturated heterocycles. The van der Waals surface area contributed by atoms with Crippen LogP contribution in [0.4, 0.5) is 35.1 Å². The highest BCUT2D eigenvalue weighted by atomic mass is 19.4. The molecule has 1 N–H and O–H groups in total. The monoisotopic (exact) mass is 316 g/mol. The Hall–Kier alpha value is -1.39. The smallest absolute Gasteiger partial charge is 0.432 e. The molecule has 0 aromatic heterocycles. The number of aliphatic hydroxyl groups is 1. The van der Waals surface area contributed by atoms with Gasteiger partial charge in [-0.25, -0.2) is 4.79 Å². The lowest BCUT2D eigenvalue weighted by atomic mass is 9.90. The van der Waals surface area contributed by atoms with E-state index in [0.29, 0.717) is 0 Å². The standard InChI is InChI=1S/C9H8F8O3/c1-3-5(18)20-4(2)6(10,11)7(19,8(12,13)14)9(15,16)17/h3-4,19H,1H2,2H3. The highest BCUT2D eigenvalue weighted by Crippen LogP contribution is 2.53. The van der Waals surface area contributed by atoms with Crippen LogP contribution in [0.25, 0.3) is 0 Å². The van der Waals surface area contributed by atoms with Crippen molar-refractivity contribution in [1.29, 1.82) is 0 Å². The third-order valence-electron chi connectivity index (χ3n) is 2.27. The van der Waals surface area contributed by atoms with Crippen molar-refractivity contribution >= 4 is 5.97 Å². The van der Waals surface area contributed by atoms with E-state index in [1.54, 1.807) is 0 Å². The SMILES string of the molecule is C=CC(=O)OC(C)C(F)(F)C(O)(C(F)(F)F)C(F)(F)F. The fraction of sp³-hybridized carbons (Fsp3) is 0.667. The lowest BCUT2D eigenvalue weighted by molar-refractivity contribution is -0.431. The Labute approximate surface area is 106 Å². The van der Waals surface area contributed by atoms with Crippen molar-refractivity contribution in [3.05, 3.63) is 12.7 Å². The zero-order valence-electron chi connectivity index (χ0n) is 9.65. The maximum atomic E-state index is 13.4. The van der Waals surface area contributed by atoms with Crippen LogP contribution in [-0.2, 0) is 9.53 Å². The minimum atomic E-state index is -6.75. The number of halogens is 8. The maximum Gasteiger partial charge on any atom is 0.432 e. The van der Waals surface area contributed by atoms with Crippen LogP contribution < -0.4 is 0 Å². The molecular formula is C9H8F8O3. The number of carbonyl (C=O) groups is 1. The molecule has 0 fully saturated rings. The van der Waals surface area contributed by atoms with E-state index in [0.717, 1.165) is 0 Å². The van der Waals surface area contributed by atoms with E-state index < -0.39 is 35.9 Å². The summed E-state index contributed by atoms with van der Waals surface area (Å²) in [4.78, 5) is 10.6. The van der Waals surface area contributed by atoms with Crippen molar-refractivity contribution < 1.29 is 49.8 Å². The van der Waals surface area contributed by atoms with Crippen molar-refractivity contribution in [1.82, 2.24) is 0 Å². The van der Waals surface area contributed by atoms with Gasteiger partial charge in [0, 0.05) is 6.08 Å². The van der Waals surface area contributed by atoms with E-state index in [1.807, 2.05) is 0 Å². The number of alkyl halides is 8. The lowest BCUT2D eigenvalue weighted by Crippen LogP contribution is -2.70. The van der Waals surface area contributed by atoms with Crippen LogP contribution in [0, 0.1) is 0 Å². The largest absolute Gasteiger partial charge is 0.453 e. The third kappa shape index (κ3) is 2.86. The second kappa shape index (κ2) is 5.19. The molecule has 0 saturated carbocycles. The normalized spacial score (nSPS) is 15.7. The average Bonchev–Trinajstić information content (AvgIpc) is 2.24. The van der Waals surface area contributed by atoms with E-state index >= 15 is 0 Å². The van der Waals surface area contributed by atoms with Crippen molar-refractivity contribution in [3.8, 4) is 0 Å². The predicted molar refractivity (Wildman–Crippen MR) is 47.8 cm³/mol. The Morgan fingerprint density at radius 2 is 1.45 bits per heavy atom. The summed E-state index contributed by atoms with van der Waals surface area (Å²) in [6, 6.07) is 0. The summed E-state index contributed by atoms with van der Waals surface area (Å²) in [5.74, 6) is -7.55. The Morgan fingerprint density at radius 1 is 1.10 bits per heavy atom. The van der Waals surface area contributed by atoms with Crippen LogP contribution in [0.1, 0.15) is 6.92 Å². The van der Waals surface area contributed by atoms with Gasteiger partial charge in [-0.15, -0.1) is 0 Å². The Kier molecular flexibility index (Phi) is 4.82. The minimum Gasteiger partial charge on any atom is -0.453 e. The summed E-state index contributed by atoms with van der Waals surface area (Å²) < 4.78 is 104. The summed E-state index contributed by atoms with van der Waals surface area (Å²) in [5, 5.41) is 8.55. The Morgan fingerprint density at radius 3 is 1.70 bits per heavy atom. The van der Waals surface area contributed by atoms with Crippen molar-refractivity contribution in [2.24, 2.45) is 0 Å². The van der Waals surface area contributed by atoms with Gasteiger partial charge in [0.25, 0.3) is 0 Å². The molecule has 20 heavy (non-hydrogen) atoms. The summed E-state index contributed by atoms with van der Waals surface area (Å²) in [6.07, 6.45) is -16.4. The van der Waals surface area contributed by atoms with Gasteiger partial charge in [-0.05, 0) is 6.92 Å². The minimum absolute atomic E-state index is 0.0733. The van der Waals surface area contributed by atoms with E-state index in [4.69, 9.17) is 5.11 Å². The van der Waals surface area contributed by atoms with Gasteiger partial charge in [-0.2, -0.15) is 35.1 Å². The molecule has 0 amide bonds. The molecule has 0 bridgehead atoms. The number of esters is 1. The summed E-state index contributed by atoms with van der Waals surface area (Å²) in [6.45, 7) is 2.80. The molecule has 0 aliphatic rings. The van der Waals surface area contributed by atoms with Crippen molar-refractivity contribution in [2.45, 2.75) is 36.9 Å². The van der Waals surface area contributed by atoms with Gasteiger partial charge in [-0.3, -0.25) is 0 Å². The number of hydrogen-bond donors (Lipinski definition) is 1. The molecule has 0 heterocycles. The summed E-state index contributed by atoms with van der Waals surface area (Å²) in [5.41, 5.74) is -6.37. The molecule has 1 atom stereocenters. The molecule has 0 aromatic carbocycles. The van der Waals surface area contributed by atoms with Crippen LogP contribution in [0.3, 0.4) is 0 Å². The van der Waals surface area contributed by atoms with Gasteiger partial charge >= 0.3 is 29.8 Å². The van der Waals surface area contributed by atoms with Gasteiger partial charge in [-0.1, -0.05) is 6.58 Å². The van der Waals surface area contributed by atoms with Gasteiger partial charge in [0.1, 0.15) is 0 Å². The van der Waals surface area contributed by atoms with Gasteiger partial charge in [0.15, 0.2) is 6.10 Å². The first-order valence-electron chi connectivity index (χ1n) is 4.69. The van der Waals surface area contributed by atoms with E-state index in [-0.39, 0.29) is 13.0 Å². The first-order chi connectivity index (χ1) is 8.63. The average molecular weight is 316 g/mol. The van der Waals surface area contributed by atoms with Crippen LogP contribution >= 0.6 is 0 Å². The Bertz CT molecular complexity index is 370. The quantitative estimate of drug-likeness (QED) is 0.493. The molecule has 0 aromatic rings. The van der Waals surface area contributed by atoms with Crippen molar-refractivity contribution in [2.75, 3.05) is 0 Å². The molecule has 0 rings (SSSR count). The predicted octanol–water partition coefficient (Wildman–Crippen LogP) is 2.60. The highest BCUT2D eigenvalue weighted by Gasteiger charge is 2.84. The third-order valence-corrected chi connectivity index (χ3v) is 2.27. The topological polar surface area (TPSA) is 46.5 Å². The molecule has 0 spiro atoms. The first-order valence-corrected chi connectivity index (χ1v) is 4.69. The molecule has 0 aliphatic heterocycles.